The number of nitrogens with one attached hydrogen (secondary N) is 1. The molecule has 0 heterocycles. The molecule has 1 rings (SSSR count). The van der Waals surface area contributed by atoms with E-state index in [-0.39, 0.29) is 23.9 Å². The fraction of sp³-hybridized carbons (Fsp3) is 0.429. The van der Waals surface area contributed by atoms with Gasteiger partial charge in [0, 0.05) is 21.7 Å². The lowest BCUT2D eigenvalue weighted by molar-refractivity contribution is -0.122. The van der Waals surface area contributed by atoms with Gasteiger partial charge in [-0.05, 0) is 61.6 Å². The Morgan fingerprint density at radius 2 is 1.95 bits per heavy atom. The Hall–Kier alpha value is -0.820. The van der Waals surface area contributed by atoms with Crippen LogP contribution in [0.25, 0.3) is 0 Å². The molecule has 1 aromatic carbocycles. The summed E-state index contributed by atoms with van der Waals surface area (Å²) in [5.41, 5.74) is 0.161. The van der Waals surface area contributed by atoms with Gasteiger partial charge in [-0.1, -0.05) is 11.6 Å². The zero-order valence-corrected chi connectivity index (χ0v) is 14.9. The topological polar surface area (TPSA) is 49.4 Å². The van der Waals surface area contributed by atoms with Crippen molar-refractivity contribution in [2.24, 2.45) is 0 Å². The highest BCUT2D eigenvalue weighted by Crippen LogP contribution is 2.20. The van der Waals surface area contributed by atoms with E-state index in [9.17, 15) is 9.59 Å². The van der Waals surface area contributed by atoms with Gasteiger partial charge in [0.25, 0.3) is 5.91 Å². The number of likely N-dealkylation sites (N-methyl/N-ethyl adjacent to an activating group) is 1. The van der Waals surface area contributed by atoms with Crippen molar-refractivity contribution >= 4 is 46.0 Å². The first-order valence-electron chi connectivity index (χ1n) is 6.11. The number of hydrogen-bond donors (Lipinski definition) is 1. The Balaban J connectivity index is 2.72. The second-order valence-corrected chi connectivity index (χ2v) is 7.16. The van der Waals surface area contributed by atoms with Crippen LogP contribution in [-0.2, 0) is 4.79 Å². The van der Waals surface area contributed by atoms with Crippen molar-refractivity contribution in [3.63, 3.8) is 0 Å². The van der Waals surface area contributed by atoms with Crippen LogP contribution in [0.4, 0.5) is 0 Å². The van der Waals surface area contributed by atoms with Crippen molar-refractivity contribution in [1.82, 2.24) is 10.2 Å². The highest BCUT2D eigenvalue weighted by atomic mass is 127. The number of benzene rings is 1. The van der Waals surface area contributed by atoms with E-state index in [1.807, 2.05) is 20.8 Å². The Labute approximate surface area is 138 Å². The predicted octanol–water partition coefficient (Wildman–Crippen LogP) is 2.93. The number of amides is 2. The Morgan fingerprint density at radius 3 is 2.45 bits per heavy atom. The number of rotatable bonds is 3. The zero-order valence-electron chi connectivity index (χ0n) is 12.0. The molecule has 0 spiro atoms. The maximum atomic E-state index is 12.2. The molecule has 0 radical (unpaired) electrons. The van der Waals surface area contributed by atoms with Crippen molar-refractivity contribution in [3.05, 3.63) is 32.4 Å². The summed E-state index contributed by atoms with van der Waals surface area (Å²) in [7, 11) is 1.59. The Kier molecular flexibility index (Phi) is 5.82. The van der Waals surface area contributed by atoms with Crippen LogP contribution in [0.1, 0.15) is 31.1 Å². The van der Waals surface area contributed by atoms with Gasteiger partial charge in [-0.25, -0.2) is 0 Å². The molecular weight excluding hydrogens is 391 g/mol. The van der Waals surface area contributed by atoms with Crippen molar-refractivity contribution in [1.29, 1.82) is 0 Å². The van der Waals surface area contributed by atoms with Gasteiger partial charge in [0.05, 0.1) is 11.6 Å². The largest absolute Gasteiger partial charge is 0.350 e. The lowest BCUT2D eigenvalue weighted by Crippen LogP contribution is -2.46. The third-order valence-electron chi connectivity index (χ3n) is 2.41. The number of carbonyl (C=O) groups excluding carboxylic acids is 2. The van der Waals surface area contributed by atoms with Crippen LogP contribution in [0, 0.1) is 3.57 Å². The van der Waals surface area contributed by atoms with Gasteiger partial charge in [-0.2, -0.15) is 0 Å². The minimum atomic E-state index is -0.312. The molecule has 4 nitrogen and oxygen atoms in total. The molecule has 0 saturated carbocycles. The maximum absolute atomic E-state index is 12.2. The SMILES string of the molecule is CN(CC(=O)NC(C)(C)C)C(=O)c1ccc(I)c(Cl)c1. The molecule has 0 saturated heterocycles. The number of hydrogen-bond acceptors (Lipinski definition) is 2. The predicted molar refractivity (Wildman–Crippen MR) is 89.0 cm³/mol. The average molecular weight is 409 g/mol. The molecule has 0 aliphatic heterocycles. The molecule has 0 aromatic heterocycles. The smallest absolute Gasteiger partial charge is 0.254 e. The van der Waals surface area contributed by atoms with Crippen molar-refractivity contribution in [2.45, 2.75) is 26.3 Å². The summed E-state index contributed by atoms with van der Waals surface area (Å²) >= 11 is 8.09. The van der Waals surface area contributed by atoms with E-state index in [2.05, 4.69) is 27.9 Å². The van der Waals surface area contributed by atoms with Gasteiger partial charge >= 0.3 is 0 Å². The van der Waals surface area contributed by atoms with Gasteiger partial charge in [-0.3, -0.25) is 9.59 Å². The third-order valence-corrected chi connectivity index (χ3v) is 3.98. The van der Waals surface area contributed by atoms with E-state index < -0.39 is 0 Å². The summed E-state index contributed by atoms with van der Waals surface area (Å²) in [4.78, 5) is 25.4. The highest BCUT2D eigenvalue weighted by molar-refractivity contribution is 14.1. The van der Waals surface area contributed by atoms with Crippen LogP contribution in [0.15, 0.2) is 18.2 Å². The molecule has 20 heavy (non-hydrogen) atoms. The second kappa shape index (κ2) is 6.76. The van der Waals surface area contributed by atoms with Crippen LogP contribution >= 0.6 is 34.2 Å². The summed E-state index contributed by atoms with van der Waals surface area (Å²) in [6.07, 6.45) is 0. The third kappa shape index (κ3) is 5.28. The summed E-state index contributed by atoms with van der Waals surface area (Å²) < 4.78 is 0.883. The minimum Gasteiger partial charge on any atom is -0.350 e. The van der Waals surface area contributed by atoms with E-state index in [0.29, 0.717) is 10.6 Å². The Morgan fingerprint density at radius 1 is 1.35 bits per heavy atom. The summed E-state index contributed by atoms with van der Waals surface area (Å²) in [5.74, 6) is -0.419. The highest BCUT2D eigenvalue weighted by Gasteiger charge is 2.19. The standard InChI is InChI=1S/C14H18ClIN2O2/c1-14(2,3)17-12(19)8-18(4)13(20)9-5-6-11(16)10(15)7-9/h5-7H,8H2,1-4H3,(H,17,19). The maximum Gasteiger partial charge on any atom is 0.254 e. The molecular formula is C14H18ClIN2O2. The lowest BCUT2D eigenvalue weighted by Gasteiger charge is -2.23. The monoisotopic (exact) mass is 408 g/mol. The molecule has 0 aliphatic carbocycles. The molecule has 0 fully saturated rings. The normalized spacial score (nSPS) is 11.1. The fourth-order valence-electron chi connectivity index (χ4n) is 1.59. The van der Waals surface area contributed by atoms with Crippen LogP contribution in [-0.4, -0.2) is 35.8 Å². The zero-order chi connectivity index (χ0) is 15.5. The number of carbonyl (C=O) groups is 2. The molecule has 6 heteroatoms. The molecule has 0 aliphatic rings. The first-order valence-corrected chi connectivity index (χ1v) is 7.57. The molecule has 2 amide bonds. The quantitative estimate of drug-likeness (QED) is 0.782. The lowest BCUT2D eigenvalue weighted by atomic mass is 10.1. The van der Waals surface area contributed by atoms with E-state index in [1.165, 1.54) is 4.90 Å². The molecule has 110 valence electrons. The van der Waals surface area contributed by atoms with E-state index in [4.69, 9.17) is 11.6 Å². The second-order valence-electron chi connectivity index (χ2n) is 5.59. The minimum absolute atomic E-state index is 0.0136. The van der Waals surface area contributed by atoms with Crippen LogP contribution < -0.4 is 5.32 Å². The van der Waals surface area contributed by atoms with Crippen LogP contribution in [0.2, 0.25) is 5.02 Å². The van der Waals surface area contributed by atoms with Gasteiger partial charge in [0.1, 0.15) is 0 Å². The van der Waals surface area contributed by atoms with Gasteiger partial charge < -0.3 is 10.2 Å². The van der Waals surface area contributed by atoms with Crippen molar-refractivity contribution < 1.29 is 9.59 Å². The molecule has 0 unspecified atom stereocenters. The van der Waals surface area contributed by atoms with Gasteiger partial charge in [0.2, 0.25) is 5.91 Å². The van der Waals surface area contributed by atoms with Gasteiger partial charge in [0.15, 0.2) is 0 Å². The Bertz CT molecular complexity index is 526. The molecule has 1 aromatic rings. The summed E-state index contributed by atoms with van der Waals surface area (Å²) in [6.45, 7) is 5.70. The summed E-state index contributed by atoms with van der Waals surface area (Å²) in [6, 6.07) is 5.09. The molecule has 1 N–H and O–H groups in total. The number of nitrogens with zero attached hydrogens (tertiary/aromatic N) is 1. The first-order chi connectivity index (χ1) is 9.10. The molecule has 0 atom stereocenters. The van der Waals surface area contributed by atoms with Crippen LogP contribution in [0.5, 0.6) is 0 Å². The van der Waals surface area contributed by atoms with Gasteiger partial charge in [-0.15, -0.1) is 0 Å². The van der Waals surface area contributed by atoms with Crippen molar-refractivity contribution in [2.75, 3.05) is 13.6 Å². The van der Waals surface area contributed by atoms with Crippen LogP contribution in [0.3, 0.4) is 0 Å². The van der Waals surface area contributed by atoms with Crippen molar-refractivity contribution in [3.8, 4) is 0 Å². The fourth-order valence-corrected chi connectivity index (χ4v) is 2.11. The van der Waals surface area contributed by atoms with E-state index in [1.54, 1.807) is 25.2 Å². The number of halogens is 2. The average Bonchev–Trinajstić information content (AvgIpc) is 2.29. The van der Waals surface area contributed by atoms with E-state index in [0.717, 1.165) is 3.57 Å². The summed E-state index contributed by atoms with van der Waals surface area (Å²) in [5, 5.41) is 3.35. The first kappa shape index (κ1) is 17.2. The molecule has 0 bridgehead atoms. The van der Waals surface area contributed by atoms with E-state index >= 15 is 0 Å².